The third-order valence-electron chi connectivity index (χ3n) is 6.41. The Balaban J connectivity index is 1.41. The summed E-state index contributed by atoms with van der Waals surface area (Å²) < 4.78 is 10.1. The highest BCUT2D eigenvalue weighted by atomic mass is 32.2. The lowest BCUT2D eigenvalue weighted by Crippen LogP contribution is -2.71. The van der Waals surface area contributed by atoms with E-state index < -0.39 is 35.3 Å². The number of fused-ring (bicyclic) bond motifs is 1. The zero-order valence-electron chi connectivity index (χ0n) is 23.4. The molecule has 3 aromatic rings. The second kappa shape index (κ2) is 14.7. The van der Waals surface area contributed by atoms with Gasteiger partial charge in [-0.15, -0.1) is 11.8 Å². The first-order chi connectivity index (χ1) is 21.9. The van der Waals surface area contributed by atoms with E-state index in [0.717, 1.165) is 34.4 Å². The molecule has 0 saturated carbocycles. The van der Waals surface area contributed by atoms with Gasteiger partial charge in [-0.2, -0.15) is 14.6 Å². The van der Waals surface area contributed by atoms with Gasteiger partial charge in [0.15, 0.2) is 11.2 Å². The Hall–Kier alpha value is -4.91. The van der Waals surface area contributed by atoms with Gasteiger partial charge in [0, 0.05) is 28.3 Å². The van der Waals surface area contributed by atoms with Crippen molar-refractivity contribution in [1.82, 2.24) is 19.6 Å². The lowest BCUT2D eigenvalue weighted by Gasteiger charge is -2.49. The van der Waals surface area contributed by atoms with Gasteiger partial charge in [-0.05, 0) is 16.5 Å². The maximum absolute atomic E-state index is 14.0. The van der Waals surface area contributed by atoms with Crippen LogP contribution >= 0.6 is 35.1 Å². The average Bonchev–Trinajstić information content (AvgIpc) is 3.50. The maximum Gasteiger partial charge on any atom is 0.356 e. The van der Waals surface area contributed by atoms with E-state index in [4.69, 9.17) is 20.6 Å². The minimum atomic E-state index is -0.994. The number of esters is 1. The standard InChI is InChI=1S/C30H25N7O5S3/c1-2-15-41-35-21(25-34-30(32)45-36-25)26(38)33-22-27(39)37-23(20(17-44-28(22)37)43-16-9-14-31)29(40)42-24(18-10-5-3-6-11-18)19-12-7-4-8-13-19/h2-13,16,22,24,28H,1,15,17H2,(H,33,38)(H2,32,34,36)/b16-9-,35-21?/t22?,28-/m1/s1. The number of oxime groups is 1. The smallest absolute Gasteiger partial charge is 0.356 e. The number of rotatable bonds is 12. The van der Waals surface area contributed by atoms with Gasteiger partial charge >= 0.3 is 5.97 Å². The molecule has 0 radical (unpaired) electrons. The molecule has 1 unspecified atom stereocenters. The predicted octanol–water partition coefficient (Wildman–Crippen LogP) is 3.74. The van der Waals surface area contributed by atoms with Crippen molar-refractivity contribution in [3.05, 3.63) is 112 Å². The number of allylic oxidation sites excluding steroid dienone is 1. The van der Waals surface area contributed by atoms with E-state index in [1.54, 1.807) is 0 Å². The van der Waals surface area contributed by atoms with Crippen LogP contribution in [-0.2, 0) is 24.0 Å². The molecular weight excluding hydrogens is 635 g/mol. The number of benzene rings is 2. The molecule has 12 nitrogen and oxygen atoms in total. The number of nitrogens with one attached hydrogen (secondary N) is 1. The third-order valence-corrected chi connectivity index (χ3v) is 9.31. The van der Waals surface area contributed by atoms with E-state index in [9.17, 15) is 14.4 Å². The Bertz CT molecular complexity index is 1680. The number of amides is 2. The Morgan fingerprint density at radius 2 is 1.91 bits per heavy atom. The summed E-state index contributed by atoms with van der Waals surface area (Å²) in [7, 11) is 0. The van der Waals surface area contributed by atoms with Crippen LogP contribution < -0.4 is 11.1 Å². The monoisotopic (exact) mass is 659 g/mol. The number of carbonyl (C=O) groups excluding carboxylic acids is 3. The number of β-lactam (4-membered cyclic amide) rings is 1. The predicted molar refractivity (Wildman–Crippen MR) is 172 cm³/mol. The molecule has 3 N–H and O–H groups in total. The molecule has 5 rings (SSSR count). The Kier molecular flexibility index (Phi) is 10.3. The molecule has 1 saturated heterocycles. The van der Waals surface area contributed by atoms with E-state index in [0.29, 0.717) is 10.7 Å². The third kappa shape index (κ3) is 7.09. The molecule has 3 heterocycles. The number of hydrogen-bond acceptors (Lipinski definition) is 13. The summed E-state index contributed by atoms with van der Waals surface area (Å²) in [4.78, 5) is 51.8. The number of nitriles is 1. The van der Waals surface area contributed by atoms with Gasteiger partial charge in [0.2, 0.25) is 11.5 Å². The molecular formula is C30H25N7O5S3. The van der Waals surface area contributed by atoms with Gasteiger partial charge in [0.25, 0.3) is 11.8 Å². The highest BCUT2D eigenvalue weighted by Gasteiger charge is 2.55. The lowest BCUT2D eigenvalue weighted by atomic mass is 10.0. The van der Waals surface area contributed by atoms with Crippen molar-refractivity contribution in [2.75, 3.05) is 18.1 Å². The largest absolute Gasteiger partial charge is 0.448 e. The van der Waals surface area contributed by atoms with Crippen LogP contribution in [0.3, 0.4) is 0 Å². The van der Waals surface area contributed by atoms with Crippen LogP contribution in [0.15, 0.2) is 101 Å². The fraction of sp³-hybridized carbons (Fsp3) is 0.167. The van der Waals surface area contributed by atoms with E-state index in [-0.39, 0.29) is 29.0 Å². The van der Waals surface area contributed by atoms with Crippen molar-refractivity contribution in [3.8, 4) is 6.07 Å². The summed E-state index contributed by atoms with van der Waals surface area (Å²) in [6, 6.07) is 19.5. The average molecular weight is 660 g/mol. The number of aromatic nitrogens is 2. The summed E-state index contributed by atoms with van der Waals surface area (Å²) in [5, 5.41) is 16.5. The van der Waals surface area contributed by atoms with Crippen LogP contribution in [0, 0.1) is 11.3 Å². The Morgan fingerprint density at radius 3 is 2.51 bits per heavy atom. The van der Waals surface area contributed by atoms with Crippen molar-refractivity contribution in [2.24, 2.45) is 5.16 Å². The van der Waals surface area contributed by atoms with Crippen LogP contribution in [-0.4, -0.2) is 61.5 Å². The molecule has 1 fully saturated rings. The fourth-order valence-corrected chi connectivity index (χ4v) is 7.14. The van der Waals surface area contributed by atoms with E-state index in [1.165, 1.54) is 34.2 Å². The number of anilines is 1. The van der Waals surface area contributed by atoms with Gasteiger partial charge in [-0.25, -0.2) is 4.79 Å². The normalized spacial score (nSPS) is 17.8. The minimum Gasteiger partial charge on any atom is -0.448 e. The van der Waals surface area contributed by atoms with Crippen molar-refractivity contribution in [1.29, 1.82) is 5.26 Å². The van der Waals surface area contributed by atoms with Crippen LogP contribution in [0.1, 0.15) is 23.1 Å². The van der Waals surface area contributed by atoms with Crippen molar-refractivity contribution in [3.63, 3.8) is 0 Å². The van der Waals surface area contributed by atoms with E-state index in [1.807, 2.05) is 66.7 Å². The van der Waals surface area contributed by atoms with Crippen LogP contribution in [0.2, 0.25) is 0 Å². The number of nitrogens with two attached hydrogens (primary N) is 1. The summed E-state index contributed by atoms with van der Waals surface area (Å²) in [6.07, 6.45) is 1.98. The van der Waals surface area contributed by atoms with Gasteiger partial charge in [0.1, 0.15) is 23.7 Å². The molecule has 45 heavy (non-hydrogen) atoms. The summed E-state index contributed by atoms with van der Waals surface area (Å²) in [5.41, 5.74) is 6.98. The Morgan fingerprint density at radius 1 is 1.22 bits per heavy atom. The van der Waals surface area contributed by atoms with Gasteiger partial charge in [-0.3, -0.25) is 14.5 Å². The molecule has 0 spiro atoms. The number of thioether (sulfide) groups is 2. The summed E-state index contributed by atoms with van der Waals surface area (Å²) >= 11 is 3.38. The molecule has 15 heteroatoms. The molecule has 1 aromatic heterocycles. The van der Waals surface area contributed by atoms with Crippen LogP contribution in [0.4, 0.5) is 5.13 Å². The SMILES string of the molecule is C=CCON=C(C(=O)NC1C(=O)N2C(C(=O)OC(c3ccccc3)c3ccccc3)=C(S/C=C\C#N)CS[C@H]12)c1nsc(N)n1. The molecule has 0 bridgehead atoms. The number of hydrogen-bond donors (Lipinski definition) is 2. The molecule has 2 aromatic carbocycles. The maximum atomic E-state index is 14.0. The second-order valence-corrected chi connectivity index (χ2v) is 12.2. The zero-order chi connectivity index (χ0) is 31.8. The molecule has 228 valence electrons. The molecule has 2 aliphatic rings. The Labute approximate surface area is 270 Å². The van der Waals surface area contributed by atoms with Crippen molar-refractivity contribution < 1.29 is 24.0 Å². The van der Waals surface area contributed by atoms with Crippen LogP contribution in [0.5, 0.6) is 0 Å². The molecule has 2 aliphatic heterocycles. The minimum absolute atomic E-state index is 0.0227. The molecule has 2 amide bonds. The van der Waals surface area contributed by atoms with Gasteiger partial charge < -0.3 is 20.6 Å². The quantitative estimate of drug-likeness (QED) is 0.0552. The van der Waals surface area contributed by atoms with E-state index >= 15 is 0 Å². The van der Waals surface area contributed by atoms with E-state index in [2.05, 4.69) is 26.4 Å². The first-order valence-corrected chi connectivity index (χ1v) is 16.0. The summed E-state index contributed by atoms with van der Waals surface area (Å²) in [5.74, 6) is -1.73. The number of nitrogen functional groups attached to an aromatic ring is 1. The van der Waals surface area contributed by atoms with Crippen molar-refractivity contribution in [2.45, 2.75) is 17.5 Å². The lowest BCUT2D eigenvalue weighted by molar-refractivity contribution is -0.154. The first-order valence-electron chi connectivity index (χ1n) is 13.3. The number of ether oxygens (including phenoxy) is 1. The zero-order valence-corrected chi connectivity index (χ0v) is 25.9. The molecule has 2 atom stereocenters. The second-order valence-electron chi connectivity index (χ2n) is 9.27. The van der Waals surface area contributed by atoms with Crippen molar-refractivity contribution >= 4 is 63.7 Å². The summed E-state index contributed by atoms with van der Waals surface area (Å²) in [6.45, 7) is 3.57. The van der Waals surface area contributed by atoms with Gasteiger partial charge in [0.05, 0.1) is 6.07 Å². The van der Waals surface area contributed by atoms with Gasteiger partial charge in [-0.1, -0.05) is 90.2 Å². The topological polar surface area (TPSA) is 173 Å². The highest BCUT2D eigenvalue weighted by molar-refractivity contribution is 8.08. The number of nitrogens with zero attached hydrogens (tertiary/aromatic N) is 5. The molecule has 0 aliphatic carbocycles. The van der Waals surface area contributed by atoms with Crippen LogP contribution in [0.25, 0.3) is 0 Å². The fourth-order valence-electron chi connectivity index (χ4n) is 4.44. The number of carbonyl (C=O) groups is 3. The highest BCUT2D eigenvalue weighted by Crippen LogP contribution is 2.44. The first kappa shape index (κ1) is 31.5.